The number of anilines is 1. The van der Waals surface area contributed by atoms with Crippen molar-refractivity contribution >= 4 is 11.9 Å². The van der Waals surface area contributed by atoms with Gasteiger partial charge < -0.3 is 20.0 Å². The molecule has 3 aromatic rings. The van der Waals surface area contributed by atoms with Crippen LogP contribution in [0.3, 0.4) is 0 Å². The number of piperidine rings is 1. The first kappa shape index (κ1) is 24.3. The van der Waals surface area contributed by atoms with Crippen LogP contribution in [0, 0.1) is 11.3 Å². The van der Waals surface area contributed by atoms with Crippen molar-refractivity contribution in [3.8, 4) is 17.5 Å². The van der Waals surface area contributed by atoms with Crippen LogP contribution in [0.4, 0.5) is 15.0 Å². The van der Waals surface area contributed by atoms with Gasteiger partial charge in [-0.05, 0) is 24.1 Å². The monoisotopic (exact) mass is 483 g/mol. The van der Waals surface area contributed by atoms with Crippen LogP contribution in [0.15, 0.2) is 47.3 Å². The van der Waals surface area contributed by atoms with Crippen molar-refractivity contribution in [2.24, 2.45) is 5.73 Å². The zero-order chi connectivity index (χ0) is 25.0. The van der Waals surface area contributed by atoms with E-state index in [0.29, 0.717) is 19.0 Å². The van der Waals surface area contributed by atoms with Crippen molar-refractivity contribution in [2.75, 3.05) is 25.5 Å². The number of benzene rings is 1. The summed E-state index contributed by atoms with van der Waals surface area (Å²) in [5.74, 6) is 0.479. The van der Waals surface area contributed by atoms with Gasteiger partial charge in [-0.15, -0.1) is 0 Å². The van der Waals surface area contributed by atoms with E-state index in [1.54, 1.807) is 6.20 Å². The third-order valence-corrected chi connectivity index (χ3v) is 6.21. The van der Waals surface area contributed by atoms with Gasteiger partial charge in [-0.3, -0.25) is 14.9 Å². The number of carbonyl (C=O) groups excluding carboxylic acids is 1. The number of carbonyl (C=O) groups is 1. The number of nitrogens with zero attached hydrogens (tertiary/aromatic N) is 5. The second-order valence-electron chi connectivity index (χ2n) is 8.36. The molecule has 0 bridgehead atoms. The fourth-order valence-electron chi connectivity index (χ4n) is 4.27. The van der Waals surface area contributed by atoms with E-state index in [9.17, 15) is 15.2 Å². The summed E-state index contributed by atoms with van der Waals surface area (Å²) in [5, 5.41) is 26.1. The average molecular weight is 484 g/mol. The van der Waals surface area contributed by atoms with Gasteiger partial charge in [0.05, 0.1) is 31.4 Å². The van der Waals surface area contributed by atoms with Gasteiger partial charge in [0.25, 0.3) is 0 Å². The van der Waals surface area contributed by atoms with Gasteiger partial charge in [-0.1, -0.05) is 12.1 Å². The lowest BCUT2D eigenvalue weighted by molar-refractivity contribution is 0.00680. The van der Waals surface area contributed by atoms with Gasteiger partial charge in [0.1, 0.15) is 24.2 Å². The number of oxazole rings is 1. The van der Waals surface area contributed by atoms with Crippen LogP contribution in [-0.4, -0.2) is 57.2 Å². The van der Waals surface area contributed by atoms with E-state index in [1.165, 1.54) is 24.3 Å². The molecule has 0 saturated carbocycles. The first-order chi connectivity index (χ1) is 16.9. The van der Waals surface area contributed by atoms with E-state index < -0.39 is 24.0 Å². The quantitative estimate of drug-likeness (QED) is 0.430. The SMILES string of the molecule is COC(=O)Nc1nn(C2(CC#N)CCN(Cc3ccc(-c4ncco4)cc3)CC2F)cc1C(N)O. The molecule has 11 nitrogen and oxygen atoms in total. The minimum atomic E-state index is -1.47. The number of alkyl halides is 1. The van der Waals surface area contributed by atoms with Gasteiger partial charge in [0, 0.05) is 31.4 Å². The van der Waals surface area contributed by atoms with Gasteiger partial charge in [-0.2, -0.15) is 10.4 Å². The number of likely N-dealkylation sites (tertiary alicyclic amines) is 1. The van der Waals surface area contributed by atoms with Gasteiger partial charge in [0.2, 0.25) is 5.89 Å². The van der Waals surface area contributed by atoms with Crippen molar-refractivity contribution in [3.63, 3.8) is 0 Å². The molecule has 1 aliphatic rings. The van der Waals surface area contributed by atoms with Gasteiger partial charge in [0.15, 0.2) is 5.82 Å². The molecule has 4 rings (SSSR count). The second kappa shape index (κ2) is 10.2. The van der Waals surface area contributed by atoms with Crippen molar-refractivity contribution < 1.29 is 23.4 Å². The third-order valence-electron chi connectivity index (χ3n) is 6.21. The fraction of sp³-hybridized carbons (Fsp3) is 0.391. The normalized spacial score (nSPS) is 21.3. The summed E-state index contributed by atoms with van der Waals surface area (Å²) in [6.45, 7) is 1.10. The first-order valence-electron chi connectivity index (χ1n) is 11.0. The number of aromatic nitrogens is 3. The van der Waals surface area contributed by atoms with Crippen molar-refractivity contribution in [1.29, 1.82) is 5.26 Å². The van der Waals surface area contributed by atoms with Crippen LogP contribution in [0.25, 0.3) is 11.5 Å². The molecular weight excluding hydrogens is 457 g/mol. The molecule has 1 fully saturated rings. The second-order valence-corrected chi connectivity index (χ2v) is 8.36. The molecule has 4 N–H and O–H groups in total. The molecule has 1 aliphatic heterocycles. The zero-order valence-electron chi connectivity index (χ0n) is 19.1. The maximum absolute atomic E-state index is 15.8. The number of aliphatic hydroxyl groups is 1. The Hall–Kier alpha value is -3.79. The van der Waals surface area contributed by atoms with Crippen molar-refractivity contribution in [3.05, 3.63) is 54.0 Å². The number of nitrogens with one attached hydrogen (secondary N) is 1. The first-order valence-corrected chi connectivity index (χ1v) is 11.0. The van der Waals surface area contributed by atoms with Crippen molar-refractivity contribution in [2.45, 2.75) is 37.3 Å². The number of halogens is 1. The number of nitriles is 1. The maximum Gasteiger partial charge on any atom is 0.412 e. The number of ether oxygens (including phenoxy) is 1. The van der Waals surface area contributed by atoms with Crippen LogP contribution in [0.5, 0.6) is 0 Å². The Bertz CT molecular complexity index is 1190. The number of rotatable bonds is 7. The summed E-state index contributed by atoms with van der Waals surface area (Å²) in [6.07, 6.45) is 0.878. The van der Waals surface area contributed by atoms with Crippen LogP contribution in [0.1, 0.15) is 30.2 Å². The highest BCUT2D eigenvalue weighted by molar-refractivity contribution is 5.84. The van der Waals surface area contributed by atoms with E-state index >= 15 is 4.39 Å². The summed E-state index contributed by atoms with van der Waals surface area (Å²) < 4.78 is 27.0. The van der Waals surface area contributed by atoms with Gasteiger partial charge >= 0.3 is 6.09 Å². The summed E-state index contributed by atoms with van der Waals surface area (Å²) in [7, 11) is 1.18. The summed E-state index contributed by atoms with van der Waals surface area (Å²) in [5.41, 5.74) is 6.27. The van der Waals surface area contributed by atoms with Crippen LogP contribution < -0.4 is 11.1 Å². The lowest BCUT2D eigenvalue weighted by atomic mass is 9.83. The fourth-order valence-corrected chi connectivity index (χ4v) is 4.27. The highest BCUT2D eigenvalue weighted by Gasteiger charge is 2.46. The minimum Gasteiger partial charge on any atom is -0.453 e. The Morgan fingerprint density at radius 2 is 2.26 bits per heavy atom. The number of hydrogen-bond acceptors (Lipinski definition) is 9. The van der Waals surface area contributed by atoms with E-state index in [1.807, 2.05) is 29.2 Å². The number of amides is 1. The van der Waals surface area contributed by atoms with E-state index in [0.717, 1.165) is 11.1 Å². The molecule has 0 radical (unpaired) electrons. The molecular formula is C23H26FN7O4. The topological polar surface area (TPSA) is 155 Å². The van der Waals surface area contributed by atoms with E-state index in [-0.39, 0.29) is 30.8 Å². The van der Waals surface area contributed by atoms with E-state index in [4.69, 9.17) is 10.2 Å². The molecule has 2 aromatic heterocycles. The number of nitrogens with two attached hydrogens (primary N) is 1. The minimum absolute atomic E-state index is 0.0510. The molecule has 3 unspecified atom stereocenters. The molecule has 0 spiro atoms. The Kier molecular flexibility index (Phi) is 7.11. The molecule has 3 heterocycles. The Balaban J connectivity index is 1.51. The number of methoxy groups -OCH3 is 1. The zero-order valence-corrected chi connectivity index (χ0v) is 19.1. The van der Waals surface area contributed by atoms with Crippen LogP contribution >= 0.6 is 0 Å². The molecule has 1 saturated heterocycles. The standard InChI is InChI=1S/C23H26FN7O4/c1-34-22(33)28-20-17(19(26)32)13-31(29-20)23(6-8-25)7-10-30(14-18(23)24)12-15-2-4-16(5-3-15)21-27-9-11-35-21/h2-5,9,11,13,18-19,32H,6-7,10,12,14,26H2,1H3,(H,28,29,33). The summed E-state index contributed by atoms with van der Waals surface area (Å²) in [6, 6.07) is 9.74. The predicted octanol–water partition coefficient (Wildman–Crippen LogP) is 2.52. The smallest absolute Gasteiger partial charge is 0.412 e. The number of aliphatic hydroxyl groups excluding tert-OH is 1. The number of hydrogen-bond donors (Lipinski definition) is 3. The summed E-state index contributed by atoms with van der Waals surface area (Å²) in [4.78, 5) is 17.8. The van der Waals surface area contributed by atoms with Crippen LogP contribution in [-0.2, 0) is 16.8 Å². The Morgan fingerprint density at radius 3 is 2.86 bits per heavy atom. The Labute approximate surface area is 200 Å². The lowest BCUT2D eigenvalue weighted by Gasteiger charge is -2.43. The third kappa shape index (κ3) is 5.02. The maximum atomic E-state index is 15.8. The largest absolute Gasteiger partial charge is 0.453 e. The molecule has 184 valence electrons. The van der Waals surface area contributed by atoms with Crippen molar-refractivity contribution in [1.82, 2.24) is 19.7 Å². The lowest BCUT2D eigenvalue weighted by Crippen LogP contribution is -2.54. The average Bonchev–Trinajstić information content (AvgIpc) is 3.52. The Morgan fingerprint density at radius 1 is 1.49 bits per heavy atom. The highest BCUT2D eigenvalue weighted by atomic mass is 19.1. The molecule has 12 heteroatoms. The van der Waals surface area contributed by atoms with E-state index in [2.05, 4.69) is 26.2 Å². The molecule has 1 aromatic carbocycles. The molecule has 0 aliphatic carbocycles. The molecule has 3 atom stereocenters. The van der Waals surface area contributed by atoms with Crippen LogP contribution in [0.2, 0.25) is 0 Å². The highest BCUT2D eigenvalue weighted by Crippen LogP contribution is 2.37. The molecule has 35 heavy (non-hydrogen) atoms. The molecule has 1 amide bonds. The predicted molar refractivity (Wildman–Crippen MR) is 122 cm³/mol. The van der Waals surface area contributed by atoms with Gasteiger partial charge in [-0.25, -0.2) is 14.2 Å². The summed E-state index contributed by atoms with van der Waals surface area (Å²) >= 11 is 0.